The van der Waals surface area contributed by atoms with Gasteiger partial charge in [0.2, 0.25) is 10.0 Å². The summed E-state index contributed by atoms with van der Waals surface area (Å²) >= 11 is 0. The number of anilines is 2. The predicted octanol–water partition coefficient (Wildman–Crippen LogP) is 3.27. The minimum Gasteiger partial charge on any atom is -0.338 e. The van der Waals surface area contributed by atoms with Crippen LogP contribution < -0.4 is 10.0 Å². The summed E-state index contributed by atoms with van der Waals surface area (Å²) in [6, 6.07) is 7.63. The summed E-state index contributed by atoms with van der Waals surface area (Å²) in [5.41, 5.74) is 0.898. The summed E-state index contributed by atoms with van der Waals surface area (Å²) in [6.45, 7) is 3.45. The molecule has 25 heavy (non-hydrogen) atoms. The van der Waals surface area contributed by atoms with Crippen LogP contribution in [0, 0.1) is 11.6 Å². The van der Waals surface area contributed by atoms with Crippen LogP contribution in [-0.2, 0) is 10.0 Å². The third-order valence-electron chi connectivity index (χ3n) is 3.42. The second-order valence-corrected chi connectivity index (χ2v) is 7.52. The molecule has 0 spiro atoms. The van der Waals surface area contributed by atoms with Crippen LogP contribution in [0.4, 0.5) is 20.3 Å². The number of nitrogens with zero attached hydrogens (tertiary/aromatic N) is 1. The molecule has 3 rings (SSSR count). The van der Waals surface area contributed by atoms with Crippen molar-refractivity contribution in [3.05, 3.63) is 48.0 Å². The number of halogens is 2. The van der Waals surface area contributed by atoms with E-state index in [1.54, 1.807) is 19.9 Å². The molecule has 0 unspecified atom stereocenters. The molecule has 6 nitrogen and oxygen atoms in total. The van der Waals surface area contributed by atoms with Crippen molar-refractivity contribution in [1.82, 2.24) is 14.9 Å². The Labute approximate surface area is 143 Å². The van der Waals surface area contributed by atoms with Crippen molar-refractivity contribution >= 4 is 32.4 Å². The fourth-order valence-electron chi connectivity index (χ4n) is 2.34. The monoisotopic (exact) mass is 366 g/mol. The van der Waals surface area contributed by atoms with E-state index in [0.717, 1.165) is 12.1 Å². The van der Waals surface area contributed by atoms with Gasteiger partial charge in [-0.3, -0.25) is 5.10 Å². The van der Waals surface area contributed by atoms with Gasteiger partial charge in [-0.05, 0) is 44.2 Å². The van der Waals surface area contributed by atoms with E-state index in [1.165, 1.54) is 18.2 Å². The van der Waals surface area contributed by atoms with Gasteiger partial charge in [0.1, 0.15) is 0 Å². The summed E-state index contributed by atoms with van der Waals surface area (Å²) in [7, 11) is -3.66. The van der Waals surface area contributed by atoms with Crippen molar-refractivity contribution in [1.29, 1.82) is 0 Å². The van der Waals surface area contributed by atoms with Gasteiger partial charge in [0.15, 0.2) is 17.5 Å². The molecule has 132 valence electrons. The second-order valence-electron chi connectivity index (χ2n) is 5.81. The van der Waals surface area contributed by atoms with Gasteiger partial charge in [0.25, 0.3) is 0 Å². The SMILES string of the molecule is CC(C)NS(=O)(=O)c1ccc2[nH]nc(Nc3ccc(F)c(F)c3)c2c1. The van der Waals surface area contributed by atoms with E-state index in [1.807, 2.05) is 0 Å². The molecule has 0 aliphatic rings. The highest BCUT2D eigenvalue weighted by Gasteiger charge is 2.17. The van der Waals surface area contributed by atoms with Crippen molar-refractivity contribution in [2.24, 2.45) is 0 Å². The smallest absolute Gasteiger partial charge is 0.240 e. The van der Waals surface area contributed by atoms with E-state index >= 15 is 0 Å². The molecule has 0 aliphatic heterocycles. The number of nitrogens with one attached hydrogen (secondary N) is 3. The lowest BCUT2D eigenvalue weighted by molar-refractivity contribution is 0.509. The Morgan fingerprint density at radius 1 is 1.08 bits per heavy atom. The average Bonchev–Trinajstić information content (AvgIpc) is 2.92. The lowest BCUT2D eigenvalue weighted by Crippen LogP contribution is -2.30. The fraction of sp³-hybridized carbons (Fsp3) is 0.188. The molecule has 0 fully saturated rings. The molecule has 3 aromatic rings. The molecule has 0 bridgehead atoms. The van der Waals surface area contributed by atoms with Gasteiger partial charge >= 0.3 is 0 Å². The molecule has 0 amide bonds. The topological polar surface area (TPSA) is 86.9 Å². The zero-order chi connectivity index (χ0) is 18.2. The highest BCUT2D eigenvalue weighted by atomic mass is 32.2. The fourth-order valence-corrected chi connectivity index (χ4v) is 3.62. The molecule has 0 atom stereocenters. The maximum Gasteiger partial charge on any atom is 0.240 e. The number of H-pyrrole nitrogens is 1. The van der Waals surface area contributed by atoms with Gasteiger partial charge in [0.05, 0.1) is 10.4 Å². The Hall–Kier alpha value is -2.52. The van der Waals surface area contributed by atoms with E-state index < -0.39 is 21.7 Å². The number of hydrogen-bond donors (Lipinski definition) is 3. The minimum atomic E-state index is -3.66. The summed E-state index contributed by atoms with van der Waals surface area (Å²) < 4.78 is 53.5. The maximum absolute atomic E-state index is 13.3. The Kier molecular flexibility index (Phi) is 4.44. The van der Waals surface area contributed by atoms with E-state index in [9.17, 15) is 17.2 Å². The predicted molar refractivity (Wildman–Crippen MR) is 91.2 cm³/mol. The van der Waals surface area contributed by atoms with Crippen LogP contribution in [0.5, 0.6) is 0 Å². The van der Waals surface area contributed by atoms with Crippen LogP contribution in [0.15, 0.2) is 41.3 Å². The van der Waals surface area contributed by atoms with Crippen molar-refractivity contribution in [2.75, 3.05) is 5.32 Å². The van der Waals surface area contributed by atoms with E-state index in [-0.39, 0.29) is 10.9 Å². The highest BCUT2D eigenvalue weighted by Crippen LogP contribution is 2.27. The first-order valence-corrected chi connectivity index (χ1v) is 8.97. The summed E-state index contributed by atoms with van der Waals surface area (Å²) in [5.74, 6) is -1.64. The summed E-state index contributed by atoms with van der Waals surface area (Å²) in [6.07, 6.45) is 0. The normalized spacial score (nSPS) is 12.0. The summed E-state index contributed by atoms with van der Waals surface area (Å²) in [4.78, 5) is 0.0865. The zero-order valence-electron chi connectivity index (χ0n) is 13.5. The first-order chi connectivity index (χ1) is 11.8. The third-order valence-corrected chi connectivity index (χ3v) is 5.07. The maximum atomic E-state index is 13.3. The van der Waals surface area contributed by atoms with Gasteiger partial charge in [-0.25, -0.2) is 21.9 Å². The molecule has 3 N–H and O–H groups in total. The summed E-state index contributed by atoms with van der Waals surface area (Å²) in [5, 5.41) is 10.2. The molecule has 1 aromatic heterocycles. The Morgan fingerprint density at radius 3 is 2.52 bits per heavy atom. The third kappa shape index (κ3) is 3.62. The van der Waals surface area contributed by atoms with Crippen molar-refractivity contribution < 1.29 is 17.2 Å². The van der Waals surface area contributed by atoms with Crippen molar-refractivity contribution in [2.45, 2.75) is 24.8 Å². The molecule has 9 heteroatoms. The van der Waals surface area contributed by atoms with Gasteiger partial charge < -0.3 is 5.32 Å². The van der Waals surface area contributed by atoms with Gasteiger partial charge in [-0.1, -0.05) is 0 Å². The van der Waals surface area contributed by atoms with E-state index in [4.69, 9.17) is 0 Å². The largest absolute Gasteiger partial charge is 0.338 e. The number of sulfonamides is 1. The Bertz CT molecular complexity index is 1030. The van der Waals surface area contributed by atoms with Crippen LogP contribution in [0.25, 0.3) is 10.9 Å². The standard InChI is InChI=1S/C16H16F2N4O2S/c1-9(2)22-25(23,24)11-4-6-15-12(8-11)16(21-20-15)19-10-3-5-13(17)14(18)7-10/h3-9,22H,1-2H3,(H2,19,20,21). The van der Waals surface area contributed by atoms with Gasteiger partial charge in [-0.15, -0.1) is 0 Å². The molecule has 0 aliphatic carbocycles. The van der Waals surface area contributed by atoms with Gasteiger partial charge in [0, 0.05) is 23.2 Å². The zero-order valence-corrected chi connectivity index (χ0v) is 14.3. The molecule has 1 heterocycles. The van der Waals surface area contributed by atoms with Crippen LogP contribution in [0.1, 0.15) is 13.8 Å². The average molecular weight is 366 g/mol. The molecule has 0 saturated heterocycles. The quantitative estimate of drug-likeness (QED) is 0.647. The first kappa shape index (κ1) is 17.3. The lowest BCUT2D eigenvalue weighted by atomic mass is 10.2. The molecule has 2 aromatic carbocycles. The first-order valence-electron chi connectivity index (χ1n) is 7.49. The van der Waals surface area contributed by atoms with E-state index in [0.29, 0.717) is 22.4 Å². The second kappa shape index (κ2) is 6.41. The number of aromatic nitrogens is 2. The minimum absolute atomic E-state index is 0.0865. The Balaban J connectivity index is 1.99. The lowest BCUT2D eigenvalue weighted by Gasteiger charge is -2.10. The number of rotatable bonds is 5. The van der Waals surface area contributed by atoms with Gasteiger partial charge in [-0.2, -0.15) is 5.10 Å². The van der Waals surface area contributed by atoms with E-state index in [2.05, 4.69) is 20.2 Å². The number of hydrogen-bond acceptors (Lipinski definition) is 4. The van der Waals surface area contributed by atoms with Crippen molar-refractivity contribution in [3.8, 4) is 0 Å². The molecular weight excluding hydrogens is 350 g/mol. The van der Waals surface area contributed by atoms with Crippen molar-refractivity contribution in [3.63, 3.8) is 0 Å². The number of benzene rings is 2. The molecule has 0 saturated carbocycles. The van der Waals surface area contributed by atoms with Crippen LogP contribution in [-0.4, -0.2) is 24.7 Å². The molecule has 0 radical (unpaired) electrons. The van der Waals surface area contributed by atoms with Crippen LogP contribution in [0.3, 0.4) is 0 Å². The number of fused-ring (bicyclic) bond motifs is 1. The van der Waals surface area contributed by atoms with Crippen LogP contribution >= 0.6 is 0 Å². The number of aromatic amines is 1. The highest BCUT2D eigenvalue weighted by molar-refractivity contribution is 7.89. The Morgan fingerprint density at radius 2 is 1.84 bits per heavy atom. The van der Waals surface area contributed by atoms with Crippen LogP contribution in [0.2, 0.25) is 0 Å². The molecular formula is C16H16F2N4O2S.